The van der Waals surface area contributed by atoms with Crippen LogP contribution in [-0.4, -0.2) is 9.78 Å². The molecular weight excluding hydrogens is 210 g/mol. The maximum Gasteiger partial charge on any atom is 0.0554 e. The van der Waals surface area contributed by atoms with Crippen LogP contribution in [0, 0.1) is 5.92 Å². The minimum absolute atomic E-state index is 0.183. The van der Waals surface area contributed by atoms with Crippen molar-refractivity contribution in [2.45, 2.75) is 64.5 Å². The molecule has 1 unspecified atom stereocenters. The van der Waals surface area contributed by atoms with Crippen molar-refractivity contribution >= 4 is 0 Å². The summed E-state index contributed by atoms with van der Waals surface area (Å²) in [5, 5.41) is 4.38. The van der Waals surface area contributed by atoms with E-state index >= 15 is 0 Å². The zero-order chi connectivity index (χ0) is 12.1. The summed E-state index contributed by atoms with van der Waals surface area (Å²) >= 11 is 0. The Morgan fingerprint density at radius 3 is 2.71 bits per heavy atom. The van der Waals surface area contributed by atoms with E-state index in [0.29, 0.717) is 5.92 Å². The summed E-state index contributed by atoms with van der Waals surface area (Å²) in [5.41, 5.74) is 7.69. The van der Waals surface area contributed by atoms with Gasteiger partial charge in [0.25, 0.3) is 0 Å². The molecule has 0 bridgehead atoms. The predicted molar refractivity (Wildman–Crippen MR) is 70.6 cm³/mol. The monoisotopic (exact) mass is 235 g/mol. The second-order valence-electron chi connectivity index (χ2n) is 5.26. The average molecular weight is 235 g/mol. The van der Waals surface area contributed by atoms with Crippen LogP contribution in [0.2, 0.25) is 0 Å². The Hall–Kier alpha value is -0.830. The van der Waals surface area contributed by atoms with Crippen LogP contribution in [0.5, 0.6) is 0 Å². The Morgan fingerprint density at radius 2 is 2.06 bits per heavy atom. The second kappa shape index (κ2) is 6.20. The van der Waals surface area contributed by atoms with Crippen LogP contribution in [0.15, 0.2) is 12.3 Å². The van der Waals surface area contributed by atoms with Crippen LogP contribution < -0.4 is 5.73 Å². The fourth-order valence-electron chi connectivity index (χ4n) is 2.94. The highest BCUT2D eigenvalue weighted by atomic mass is 15.3. The largest absolute Gasteiger partial charge is 0.322 e. The summed E-state index contributed by atoms with van der Waals surface area (Å²) in [4.78, 5) is 0. The molecule has 1 fully saturated rings. The van der Waals surface area contributed by atoms with Crippen LogP contribution in [0.25, 0.3) is 0 Å². The van der Waals surface area contributed by atoms with Gasteiger partial charge in [-0.1, -0.05) is 32.6 Å². The molecule has 2 rings (SSSR count). The minimum atomic E-state index is 0.183. The number of hydrogen-bond donors (Lipinski definition) is 1. The maximum atomic E-state index is 6.45. The lowest BCUT2D eigenvalue weighted by molar-refractivity contribution is 0.362. The maximum absolute atomic E-state index is 6.45. The third-order valence-electron chi connectivity index (χ3n) is 3.93. The minimum Gasteiger partial charge on any atom is -0.322 e. The zero-order valence-corrected chi connectivity index (χ0v) is 10.9. The van der Waals surface area contributed by atoms with Crippen LogP contribution in [0.1, 0.15) is 63.6 Å². The van der Waals surface area contributed by atoms with E-state index in [9.17, 15) is 0 Å². The number of hydrogen-bond acceptors (Lipinski definition) is 2. The van der Waals surface area contributed by atoms with Crippen molar-refractivity contribution in [1.82, 2.24) is 9.78 Å². The van der Waals surface area contributed by atoms with Gasteiger partial charge in [-0.2, -0.15) is 5.10 Å². The Balaban J connectivity index is 2.06. The highest BCUT2D eigenvalue weighted by Gasteiger charge is 2.23. The van der Waals surface area contributed by atoms with Gasteiger partial charge in [-0.15, -0.1) is 0 Å². The fraction of sp³-hybridized carbons (Fsp3) is 0.786. The quantitative estimate of drug-likeness (QED) is 0.814. The van der Waals surface area contributed by atoms with Crippen molar-refractivity contribution in [3.05, 3.63) is 18.0 Å². The smallest absolute Gasteiger partial charge is 0.0554 e. The first kappa shape index (κ1) is 12.6. The van der Waals surface area contributed by atoms with E-state index in [1.807, 2.05) is 6.20 Å². The highest BCUT2D eigenvalue weighted by molar-refractivity contribution is 5.08. The lowest BCUT2D eigenvalue weighted by atomic mass is 9.90. The first-order valence-corrected chi connectivity index (χ1v) is 7.10. The predicted octanol–water partition coefficient (Wildman–Crippen LogP) is 3.26. The standard InChI is InChI=1S/C14H25N3/c1-2-11-17-13(9-10-16-17)14(15)12-7-5-3-4-6-8-12/h9-10,12,14H,2-8,11,15H2,1H3. The molecule has 0 saturated heterocycles. The van der Waals surface area contributed by atoms with Gasteiger partial charge < -0.3 is 5.73 Å². The van der Waals surface area contributed by atoms with Crippen molar-refractivity contribution in [2.24, 2.45) is 11.7 Å². The molecule has 1 atom stereocenters. The summed E-state index contributed by atoms with van der Waals surface area (Å²) in [6, 6.07) is 2.28. The molecule has 3 nitrogen and oxygen atoms in total. The van der Waals surface area contributed by atoms with E-state index in [2.05, 4.69) is 22.8 Å². The fourth-order valence-corrected chi connectivity index (χ4v) is 2.94. The Bertz CT molecular complexity index is 324. The Morgan fingerprint density at radius 1 is 1.35 bits per heavy atom. The molecule has 0 spiro atoms. The summed E-state index contributed by atoms with van der Waals surface area (Å²) in [6.07, 6.45) is 11.1. The summed E-state index contributed by atoms with van der Waals surface area (Å²) in [6.45, 7) is 3.17. The van der Waals surface area contributed by atoms with E-state index in [1.165, 1.54) is 44.2 Å². The van der Waals surface area contributed by atoms with Crippen molar-refractivity contribution < 1.29 is 0 Å². The van der Waals surface area contributed by atoms with Gasteiger partial charge in [-0.05, 0) is 31.2 Å². The lowest BCUT2D eigenvalue weighted by Crippen LogP contribution is -2.24. The van der Waals surface area contributed by atoms with Gasteiger partial charge in [0, 0.05) is 18.8 Å². The molecule has 1 aromatic rings. The molecule has 1 aliphatic rings. The number of nitrogens with two attached hydrogens (primary N) is 1. The number of aryl methyl sites for hydroxylation is 1. The molecule has 2 N–H and O–H groups in total. The third-order valence-corrected chi connectivity index (χ3v) is 3.93. The number of rotatable bonds is 4. The van der Waals surface area contributed by atoms with E-state index in [0.717, 1.165) is 13.0 Å². The number of nitrogens with zero attached hydrogens (tertiary/aromatic N) is 2. The van der Waals surface area contributed by atoms with Crippen molar-refractivity contribution in [3.63, 3.8) is 0 Å². The average Bonchev–Trinajstić information content (AvgIpc) is 2.63. The van der Waals surface area contributed by atoms with Gasteiger partial charge in [0.1, 0.15) is 0 Å². The van der Waals surface area contributed by atoms with Gasteiger partial charge in [0.2, 0.25) is 0 Å². The van der Waals surface area contributed by atoms with E-state index in [-0.39, 0.29) is 6.04 Å². The van der Waals surface area contributed by atoms with Crippen molar-refractivity contribution in [3.8, 4) is 0 Å². The van der Waals surface area contributed by atoms with E-state index in [1.54, 1.807) is 0 Å². The molecule has 0 radical (unpaired) electrons. The van der Waals surface area contributed by atoms with Gasteiger partial charge in [-0.25, -0.2) is 0 Å². The van der Waals surface area contributed by atoms with Crippen LogP contribution >= 0.6 is 0 Å². The van der Waals surface area contributed by atoms with Crippen LogP contribution in [-0.2, 0) is 6.54 Å². The third kappa shape index (κ3) is 3.09. The molecule has 1 saturated carbocycles. The van der Waals surface area contributed by atoms with Crippen LogP contribution in [0.4, 0.5) is 0 Å². The van der Waals surface area contributed by atoms with Crippen molar-refractivity contribution in [1.29, 1.82) is 0 Å². The molecular formula is C14H25N3. The summed E-state index contributed by atoms with van der Waals surface area (Å²) < 4.78 is 2.09. The van der Waals surface area contributed by atoms with Gasteiger partial charge >= 0.3 is 0 Å². The molecule has 17 heavy (non-hydrogen) atoms. The first-order valence-electron chi connectivity index (χ1n) is 7.10. The summed E-state index contributed by atoms with van der Waals surface area (Å²) in [5.74, 6) is 0.657. The normalized spacial score (nSPS) is 20.1. The van der Waals surface area contributed by atoms with Gasteiger partial charge in [-0.3, -0.25) is 4.68 Å². The molecule has 96 valence electrons. The highest BCUT2D eigenvalue weighted by Crippen LogP contribution is 2.31. The van der Waals surface area contributed by atoms with E-state index < -0.39 is 0 Å². The molecule has 0 aromatic carbocycles. The first-order chi connectivity index (χ1) is 8.33. The second-order valence-corrected chi connectivity index (χ2v) is 5.26. The molecule has 0 amide bonds. The van der Waals surface area contributed by atoms with E-state index in [4.69, 9.17) is 5.73 Å². The molecule has 1 heterocycles. The lowest BCUT2D eigenvalue weighted by Gasteiger charge is -2.23. The van der Waals surface area contributed by atoms with Crippen molar-refractivity contribution in [2.75, 3.05) is 0 Å². The summed E-state index contributed by atoms with van der Waals surface area (Å²) in [7, 11) is 0. The topological polar surface area (TPSA) is 43.8 Å². The molecule has 3 heteroatoms. The van der Waals surface area contributed by atoms with Gasteiger partial charge in [0.15, 0.2) is 0 Å². The molecule has 0 aliphatic heterocycles. The Kier molecular flexibility index (Phi) is 4.60. The number of aromatic nitrogens is 2. The SMILES string of the molecule is CCCn1nccc1C(N)C1CCCCCC1. The van der Waals surface area contributed by atoms with Gasteiger partial charge in [0.05, 0.1) is 5.69 Å². The zero-order valence-electron chi connectivity index (χ0n) is 10.9. The molecule has 1 aromatic heterocycles. The van der Waals surface area contributed by atoms with Crippen LogP contribution in [0.3, 0.4) is 0 Å². The Labute approximate surface area is 104 Å². The molecule has 1 aliphatic carbocycles.